The van der Waals surface area contributed by atoms with Crippen LogP contribution in [-0.2, 0) is 16.6 Å². The van der Waals surface area contributed by atoms with E-state index in [0.717, 1.165) is 32.0 Å². The molecule has 2 heterocycles. The van der Waals surface area contributed by atoms with Gasteiger partial charge < -0.3 is 10.2 Å². The van der Waals surface area contributed by atoms with Crippen LogP contribution in [0.2, 0.25) is 0 Å². The van der Waals surface area contributed by atoms with Crippen LogP contribution >= 0.6 is 9.24 Å². The number of alkyl halides is 5. The van der Waals surface area contributed by atoms with E-state index in [-0.39, 0.29) is 23.8 Å². The minimum Gasteiger partial charge on any atom is -0.352 e. The molecule has 0 spiro atoms. The van der Waals surface area contributed by atoms with Crippen molar-refractivity contribution in [1.82, 2.24) is 15.1 Å². The molecule has 1 aromatic rings. The molecule has 1 unspecified atom stereocenters. The van der Waals surface area contributed by atoms with Crippen LogP contribution in [0.3, 0.4) is 0 Å². The number of likely N-dealkylation sites (tertiary alicyclic amines) is 2. The van der Waals surface area contributed by atoms with Crippen LogP contribution in [0.4, 0.5) is 22.0 Å². The highest BCUT2D eigenvalue weighted by Gasteiger charge is 2.35. The monoisotopic (exact) mass is 549 g/mol. The number of hydrogen-bond acceptors (Lipinski definition) is 3. The van der Waals surface area contributed by atoms with Crippen LogP contribution in [0.1, 0.15) is 67.9 Å². The number of benzene rings is 1. The lowest BCUT2D eigenvalue weighted by Crippen LogP contribution is -2.47. The van der Waals surface area contributed by atoms with Crippen LogP contribution in [0.25, 0.3) is 0 Å². The molecule has 11 heteroatoms. The summed E-state index contributed by atoms with van der Waals surface area (Å²) in [6, 6.07) is 1.72. The summed E-state index contributed by atoms with van der Waals surface area (Å²) < 4.78 is 66.9. The Morgan fingerprint density at radius 2 is 1.49 bits per heavy atom. The fourth-order valence-corrected chi connectivity index (χ4v) is 5.26. The lowest BCUT2D eigenvalue weighted by atomic mass is 9.75. The molecule has 2 saturated heterocycles. The first-order valence-corrected chi connectivity index (χ1v) is 13.3. The van der Waals surface area contributed by atoms with E-state index in [1.165, 1.54) is 9.24 Å². The molecule has 3 rings (SSSR count). The van der Waals surface area contributed by atoms with Crippen molar-refractivity contribution in [2.75, 3.05) is 39.3 Å². The van der Waals surface area contributed by atoms with Gasteiger partial charge in [0.2, 0.25) is 5.91 Å². The third-order valence-corrected chi connectivity index (χ3v) is 7.93. The fraction of sp³-hybridized carbons (Fsp3) is 0.692. The van der Waals surface area contributed by atoms with Crippen molar-refractivity contribution >= 4 is 21.1 Å². The van der Waals surface area contributed by atoms with Crippen molar-refractivity contribution < 1.29 is 31.5 Å². The van der Waals surface area contributed by atoms with E-state index in [1.54, 1.807) is 0 Å². The highest BCUT2D eigenvalue weighted by molar-refractivity contribution is 7.17. The normalized spacial score (nSPS) is 19.2. The zero-order valence-electron chi connectivity index (χ0n) is 21.6. The molecular weight excluding hydrogens is 512 g/mol. The maximum atomic E-state index is 13.7. The highest BCUT2D eigenvalue weighted by Crippen LogP contribution is 2.39. The molecule has 0 radical (unpaired) electrons. The number of hydrogen-bond donors (Lipinski definition) is 1. The Morgan fingerprint density at radius 1 is 0.919 bits per heavy atom. The summed E-state index contributed by atoms with van der Waals surface area (Å²) in [5, 5.41) is 2.58. The minimum absolute atomic E-state index is 0.0453. The molecule has 2 amide bonds. The quantitative estimate of drug-likeness (QED) is 0.384. The molecule has 2 aliphatic rings. The predicted octanol–water partition coefficient (Wildman–Crippen LogP) is 5.36. The number of rotatable bonds is 6. The standard InChI is InChI=1S/C26H37F5N3O2P/c1-24(2,3)19-6-8-33(9-7-19)16-22(35)34-10-4-17(5-11-34)15-32-23(36)18-12-20(25(27,28)29)14-21(13-18)26(30,31)37/h12-14,17,19H,4-11,15-16,37H2,1-3H3,(H,32,36). The fourth-order valence-electron chi connectivity index (χ4n) is 5.09. The van der Waals surface area contributed by atoms with Crippen molar-refractivity contribution in [3.63, 3.8) is 0 Å². The molecule has 37 heavy (non-hydrogen) atoms. The lowest BCUT2D eigenvalue weighted by Gasteiger charge is -2.39. The number of carbonyl (C=O) groups is 2. The van der Waals surface area contributed by atoms with Crippen LogP contribution in [-0.4, -0.2) is 60.9 Å². The van der Waals surface area contributed by atoms with Crippen LogP contribution in [0, 0.1) is 17.3 Å². The minimum atomic E-state index is -4.86. The Labute approximate surface area is 217 Å². The SMILES string of the molecule is CC(C)(C)C1CCN(CC(=O)N2CCC(CNC(=O)c3cc(C(F)(F)F)cc(C(F)(F)P)c3)CC2)CC1. The van der Waals surface area contributed by atoms with E-state index >= 15 is 0 Å². The van der Waals surface area contributed by atoms with Gasteiger partial charge in [-0.1, -0.05) is 30.0 Å². The van der Waals surface area contributed by atoms with Crippen molar-refractivity contribution in [2.24, 2.45) is 17.3 Å². The zero-order valence-corrected chi connectivity index (χ0v) is 22.8. The molecule has 1 aromatic carbocycles. The van der Waals surface area contributed by atoms with Gasteiger partial charge in [0, 0.05) is 30.8 Å². The number of halogens is 5. The topological polar surface area (TPSA) is 52.7 Å². The Morgan fingerprint density at radius 3 is 2.00 bits per heavy atom. The number of amides is 2. The molecule has 0 saturated carbocycles. The second kappa shape index (κ2) is 11.5. The molecule has 0 aromatic heterocycles. The van der Waals surface area contributed by atoms with Crippen molar-refractivity contribution in [3.8, 4) is 0 Å². The van der Waals surface area contributed by atoms with E-state index in [4.69, 9.17) is 0 Å². The molecule has 0 bridgehead atoms. The number of nitrogens with one attached hydrogen (secondary N) is 1. The third-order valence-electron chi connectivity index (χ3n) is 7.60. The van der Waals surface area contributed by atoms with Gasteiger partial charge in [0.05, 0.1) is 12.1 Å². The Balaban J connectivity index is 1.47. The maximum Gasteiger partial charge on any atom is 0.416 e. The van der Waals surface area contributed by atoms with Gasteiger partial charge in [-0.2, -0.15) is 22.0 Å². The average Bonchev–Trinajstić information content (AvgIpc) is 2.81. The van der Waals surface area contributed by atoms with E-state index in [9.17, 15) is 31.5 Å². The van der Waals surface area contributed by atoms with Gasteiger partial charge >= 0.3 is 6.18 Å². The van der Waals surface area contributed by atoms with Gasteiger partial charge in [-0.25, -0.2) is 0 Å². The first-order valence-electron chi connectivity index (χ1n) is 12.7. The smallest absolute Gasteiger partial charge is 0.352 e. The Hall–Kier alpha value is -1.80. The molecule has 0 aliphatic carbocycles. The second-order valence-electron chi connectivity index (χ2n) is 11.4. The molecule has 208 valence electrons. The van der Waals surface area contributed by atoms with E-state index < -0.39 is 34.4 Å². The number of nitrogens with zero attached hydrogens (tertiary/aromatic N) is 2. The summed E-state index contributed by atoms with van der Waals surface area (Å²) in [6.07, 6.45) is -1.39. The molecule has 2 aliphatic heterocycles. The van der Waals surface area contributed by atoms with Gasteiger partial charge in [0.1, 0.15) is 0 Å². The summed E-state index contributed by atoms with van der Waals surface area (Å²) >= 11 is 0. The van der Waals surface area contributed by atoms with Crippen LogP contribution in [0.15, 0.2) is 18.2 Å². The van der Waals surface area contributed by atoms with Crippen molar-refractivity contribution in [2.45, 2.75) is 58.3 Å². The lowest BCUT2D eigenvalue weighted by molar-refractivity contribution is -0.137. The molecular formula is C26H37F5N3O2P. The largest absolute Gasteiger partial charge is 0.416 e. The van der Waals surface area contributed by atoms with Crippen LogP contribution < -0.4 is 5.32 Å². The number of piperidine rings is 2. The third kappa shape index (κ3) is 8.34. The maximum absolute atomic E-state index is 13.7. The summed E-state index contributed by atoms with van der Waals surface area (Å²) in [5.74, 6) is -0.0426. The average molecular weight is 550 g/mol. The summed E-state index contributed by atoms with van der Waals surface area (Å²) in [5.41, 5.74) is -5.98. The van der Waals surface area contributed by atoms with E-state index in [2.05, 4.69) is 31.0 Å². The zero-order chi connectivity index (χ0) is 27.6. The summed E-state index contributed by atoms with van der Waals surface area (Å²) in [6.45, 7) is 10.3. The Kier molecular flexibility index (Phi) is 9.26. The van der Waals surface area contributed by atoms with Gasteiger partial charge in [-0.15, -0.1) is 0 Å². The molecule has 1 N–H and O–H groups in total. The first-order chi connectivity index (χ1) is 17.0. The molecule has 5 nitrogen and oxygen atoms in total. The highest BCUT2D eigenvalue weighted by atomic mass is 31.0. The second-order valence-corrected chi connectivity index (χ2v) is 12.1. The van der Waals surface area contributed by atoms with Gasteiger partial charge in [-0.3, -0.25) is 14.5 Å². The van der Waals surface area contributed by atoms with Crippen molar-refractivity contribution in [3.05, 3.63) is 34.9 Å². The Bertz CT molecular complexity index is 926. The summed E-state index contributed by atoms with van der Waals surface area (Å²) in [4.78, 5) is 29.3. The molecule has 1 atom stereocenters. The van der Waals surface area contributed by atoms with Crippen LogP contribution in [0.5, 0.6) is 0 Å². The molecule has 2 fully saturated rings. The number of carbonyl (C=O) groups excluding carboxylic acids is 2. The van der Waals surface area contributed by atoms with Gasteiger partial charge in [0.25, 0.3) is 11.6 Å². The van der Waals surface area contributed by atoms with Crippen molar-refractivity contribution in [1.29, 1.82) is 0 Å². The summed E-state index contributed by atoms with van der Waals surface area (Å²) in [7, 11) is 1.19. The van der Waals surface area contributed by atoms with E-state index in [1.807, 2.05) is 4.90 Å². The van der Waals surface area contributed by atoms with Gasteiger partial charge in [-0.05, 0) is 74.2 Å². The van der Waals surface area contributed by atoms with Gasteiger partial charge in [0.15, 0.2) is 0 Å². The first kappa shape index (κ1) is 29.8. The predicted molar refractivity (Wildman–Crippen MR) is 135 cm³/mol. The van der Waals surface area contributed by atoms with E-state index in [0.29, 0.717) is 50.5 Å².